The van der Waals surface area contributed by atoms with E-state index >= 15 is 0 Å². The van der Waals surface area contributed by atoms with Crippen molar-refractivity contribution in [1.82, 2.24) is 10.3 Å². The first-order chi connectivity index (χ1) is 12.7. The van der Waals surface area contributed by atoms with Gasteiger partial charge in [0.2, 0.25) is 0 Å². The summed E-state index contributed by atoms with van der Waals surface area (Å²) in [5.74, 6) is -0.175. The number of nitrogens with one attached hydrogen (secondary N) is 2. The number of anilines is 2. The van der Waals surface area contributed by atoms with Crippen LogP contribution in [0.1, 0.15) is 34.1 Å². The van der Waals surface area contributed by atoms with Crippen LogP contribution in [0.2, 0.25) is 0 Å². The number of pyridine rings is 1. The van der Waals surface area contributed by atoms with E-state index in [1.54, 1.807) is 12.3 Å². The zero-order valence-corrected chi connectivity index (χ0v) is 15.1. The molecule has 0 aliphatic heterocycles. The van der Waals surface area contributed by atoms with Crippen LogP contribution >= 0.6 is 0 Å². The molecule has 0 saturated heterocycles. The molecule has 3 rings (SSSR count). The Morgan fingerprint density at radius 2 is 1.81 bits per heavy atom. The summed E-state index contributed by atoms with van der Waals surface area (Å²) in [7, 11) is 0. The predicted molar refractivity (Wildman–Crippen MR) is 106 cm³/mol. The highest BCUT2D eigenvalue weighted by atomic mass is 16.1. The quantitative estimate of drug-likeness (QED) is 0.685. The van der Waals surface area contributed by atoms with Crippen LogP contribution in [0.25, 0.3) is 0 Å². The highest BCUT2D eigenvalue weighted by Gasteiger charge is 2.08. The molecule has 4 nitrogen and oxygen atoms in total. The zero-order valence-electron chi connectivity index (χ0n) is 15.1. The zero-order chi connectivity index (χ0) is 18.4. The SMILES string of the molecule is CCc1cccc(C)c1Nc1ccc(C(=O)NCc2ccccc2)nc1. The van der Waals surface area contributed by atoms with Crippen LogP contribution < -0.4 is 10.6 Å². The fraction of sp³-hybridized carbons (Fsp3) is 0.182. The summed E-state index contributed by atoms with van der Waals surface area (Å²) in [4.78, 5) is 16.5. The number of benzene rings is 2. The van der Waals surface area contributed by atoms with Crippen molar-refractivity contribution < 1.29 is 4.79 Å². The third-order valence-electron chi connectivity index (χ3n) is 4.30. The second-order valence-corrected chi connectivity index (χ2v) is 6.19. The lowest BCUT2D eigenvalue weighted by molar-refractivity contribution is 0.0946. The Morgan fingerprint density at radius 3 is 2.50 bits per heavy atom. The highest BCUT2D eigenvalue weighted by Crippen LogP contribution is 2.25. The summed E-state index contributed by atoms with van der Waals surface area (Å²) in [6, 6.07) is 19.7. The van der Waals surface area contributed by atoms with Gasteiger partial charge in [0, 0.05) is 12.2 Å². The van der Waals surface area contributed by atoms with Gasteiger partial charge >= 0.3 is 0 Å². The number of hydrogen-bond donors (Lipinski definition) is 2. The minimum atomic E-state index is -0.175. The smallest absolute Gasteiger partial charge is 0.270 e. The Balaban J connectivity index is 1.66. The summed E-state index contributed by atoms with van der Waals surface area (Å²) < 4.78 is 0. The summed E-state index contributed by atoms with van der Waals surface area (Å²) in [6.07, 6.45) is 2.65. The Morgan fingerprint density at radius 1 is 1.00 bits per heavy atom. The third kappa shape index (κ3) is 4.28. The molecule has 3 aromatic rings. The highest BCUT2D eigenvalue weighted by molar-refractivity contribution is 5.92. The van der Waals surface area contributed by atoms with E-state index < -0.39 is 0 Å². The molecule has 1 heterocycles. The third-order valence-corrected chi connectivity index (χ3v) is 4.30. The number of para-hydroxylation sites is 1. The van der Waals surface area contributed by atoms with Gasteiger partial charge in [-0.15, -0.1) is 0 Å². The van der Waals surface area contributed by atoms with E-state index in [1.165, 1.54) is 11.1 Å². The lowest BCUT2D eigenvalue weighted by Gasteiger charge is -2.14. The van der Waals surface area contributed by atoms with Crippen LogP contribution in [-0.2, 0) is 13.0 Å². The second-order valence-electron chi connectivity index (χ2n) is 6.19. The van der Waals surface area contributed by atoms with Crippen molar-refractivity contribution in [1.29, 1.82) is 0 Å². The van der Waals surface area contributed by atoms with E-state index in [1.807, 2.05) is 36.4 Å². The minimum Gasteiger partial charge on any atom is -0.354 e. The normalized spacial score (nSPS) is 10.4. The van der Waals surface area contributed by atoms with E-state index in [-0.39, 0.29) is 5.91 Å². The minimum absolute atomic E-state index is 0.175. The van der Waals surface area contributed by atoms with Crippen molar-refractivity contribution in [3.05, 3.63) is 89.2 Å². The summed E-state index contributed by atoms with van der Waals surface area (Å²) in [5, 5.41) is 6.31. The Kier molecular flexibility index (Phi) is 5.64. The second kappa shape index (κ2) is 8.30. The summed E-state index contributed by atoms with van der Waals surface area (Å²) in [6.45, 7) is 4.71. The van der Waals surface area contributed by atoms with Gasteiger partial charge in [-0.3, -0.25) is 4.79 Å². The molecule has 0 aliphatic carbocycles. The molecule has 0 bridgehead atoms. The monoisotopic (exact) mass is 345 g/mol. The molecule has 0 saturated carbocycles. The van der Waals surface area contributed by atoms with E-state index in [2.05, 4.69) is 47.7 Å². The molecule has 2 aromatic carbocycles. The Labute approximate surface area is 154 Å². The molecule has 26 heavy (non-hydrogen) atoms. The van der Waals surface area contributed by atoms with Crippen LogP contribution in [0, 0.1) is 6.92 Å². The number of nitrogens with zero attached hydrogens (tertiary/aromatic N) is 1. The molecule has 0 spiro atoms. The van der Waals surface area contributed by atoms with Crippen molar-refractivity contribution in [3.63, 3.8) is 0 Å². The molecule has 1 amide bonds. The lowest BCUT2D eigenvalue weighted by atomic mass is 10.1. The van der Waals surface area contributed by atoms with Gasteiger partial charge in [-0.1, -0.05) is 55.5 Å². The van der Waals surface area contributed by atoms with Crippen LogP contribution in [-0.4, -0.2) is 10.9 Å². The summed E-state index contributed by atoms with van der Waals surface area (Å²) in [5.41, 5.74) is 5.90. The number of rotatable bonds is 6. The molecule has 0 unspecified atom stereocenters. The molecule has 1 aromatic heterocycles. The van der Waals surface area contributed by atoms with Crippen molar-refractivity contribution in [2.45, 2.75) is 26.8 Å². The number of amides is 1. The predicted octanol–water partition coefficient (Wildman–Crippen LogP) is 4.63. The largest absolute Gasteiger partial charge is 0.354 e. The van der Waals surface area contributed by atoms with Crippen molar-refractivity contribution >= 4 is 17.3 Å². The van der Waals surface area contributed by atoms with E-state index in [9.17, 15) is 4.79 Å². The maximum Gasteiger partial charge on any atom is 0.270 e. The number of aryl methyl sites for hydroxylation is 2. The fourth-order valence-corrected chi connectivity index (χ4v) is 2.82. The molecular weight excluding hydrogens is 322 g/mol. The number of aromatic nitrogens is 1. The molecule has 2 N–H and O–H groups in total. The Bertz CT molecular complexity index is 874. The van der Waals surface area contributed by atoms with Gasteiger partial charge in [0.15, 0.2) is 0 Å². The Hall–Kier alpha value is -3.14. The van der Waals surface area contributed by atoms with Crippen LogP contribution in [0.15, 0.2) is 66.9 Å². The molecule has 0 aliphatic rings. The van der Waals surface area contributed by atoms with Gasteiger partial charge < -0.3 is 10.6 Å². The van der Waals surface area contributed by atoms with Crippen molar-refractivity contribution in [2.75, 3.05) is 5.32 Å². The van der Waals surface area contributed by atoms with Gasteiger partial charge in [-0.25, -0.2) is 4.98 Å². The van der Waals surface area contributed by atoms with Gasteiger partial charge in [0.25, 0.3) is 5.91 Å². The van der Waals surface area contributed by atoms with E-state index in [0.29, 0.717) is 12.2 Å². The molecule has 132 valence electrons. The first kappa shape index (κ1) is 17.7. The fourth-order valence-electron chi connectivity index (χ4n) is 2.82. The maximum atomic E-state index is 12.2. The summed E-state index contributed by atoms with van der Waals surface area (Å²) >= 11 is 0. The van der Waals surface area contributed by atoms with Crippen LogP contribution in [0.3, 0.4) is 0 Å². The van der Waals surface area contributed by atoms with E-state index in [4.69, 9.17) is 0 Å². The van der Waals surface area contributed by atoms with Crippen LogP contribution in [0.5, 0.6) is 0 Å². The lowest BCUT2D eigenvalue weighted by Crippen LogP contribution is -2.23. The first-order valence-electron chi connectivity index (χ1n) is 8.81. The van der Waals surface area contributed by atoms with Crippen molar-refractivity contribution in [3.8, 4) is 0 Å². The van der Waals surface area contributed by atoms with E-state index in [0.717, 1.165) is 23.4 Å². The average molecular weight is 345 g/mol. The number of hydrogen-bond acceptors (Lipinski definition) is 3. The van der Waals surface area contributed by atoms with Gasteiger partial charge in [-0.2, -0.15) is 0 Å². The standard InChI is InChI=1S/C22H23N3O/c1-3-18-11-7-8-16(2)21(18)25-19-12-13-20(23-15-19)22(26)24-14-17-9-5-4-6-10-17/h4-13,15,25H,3,14H2,1-2H3,(H,24,26). The van der Waals surface area contributed by atoms with Gasteiger partial charge in [0.05, 0.1) is 11.9 Å². The van der Waals surface area contributed by atoms with Gasteiger partial charge in [-0.05, 0) is 42.2 Å². The first-order valence-corrected chi connectivity index (χ1v) is 8.81. The van der Waals surface area contributed by atoms with Crippen LogP contribution in [0.4, 0.5) is 11.4 Å². The maximum absolute atomic E-state index is 12.2. The molecule has 0 fully saturated rings. The van der Waals surface area contributed by atoms with Crippen molar-refractivity contribution in [2.24, 2.45) is 0 Å². The average Bonchev–Trinajstić information content (AvgIpc) is 2.69. The number of carbonyl (C=O) groups excluding carboxylic acids is 1. The molecule has 0 radical (unpaired) electrons. The molecule has 4 heteroatoms. The van der Waals surface area contributed by atoms with Gasteiger partial charge in [0.1, 0.15) is 5.69 Å². The molecule has 0 atom stereocenters. The topological polar surface area (TPSA) is 54.0 Å². The number of carbonyl (C=O) groups is 1. The molecular formula is C22H23N3O.